The lowest BCUT2D eigenvalue weighted by Crippen LogP contribution is -2.20. The number of hydrazone groups is 1. The van der Waals surface area contributed by atoms with Crippen LogP contribution in [0.15, 0.2) is 80.8 Å². The van der Waals surface area contributed by atoms with Gasteiger partial charge in [0.05, 0.1) is 12.0 Å². The minimum atomic E-state index is -0.205. The molecule has 0 bridgehead atoms. The number of aromatic nitrogens is 3. The first-order valence-corrected chi connectivity index (χ1v) is 12.0. The first-order valence-electron chi connectivity index (χ1n) is 9.37. The van der Waals surface area contributed by atoms with E-state index in [2.05, 4.69) is 36.7 Å². The fourth-order valence-electron chi connectivity index (χ4n) is 2.80. The molecule has 0 aliphatic heterocycles. The summed E-state index contributed by atoms with van der Waals surface area (Å²) in [6.45, 7) is 2.01. The van der Waals surface area contributed by atoms with Crippen molar-refractivity contribution in [2.75, 3.05) is 5.75 Å². The SMILES string of the molecule is Cc1ccsc1/C=N\NC(=O)CSc1nnc(-c2ccc(Br)cc2)n1-c1ccccc1. The van der Waals surface area contributed by atoms with Gasteiger partial charge >= 0.3 is 0 Å². The number of benzene rings is 2. The lowest BCUT2D eigenvalue weighted by atomic mass is 10.2. The van der Waals surface area contributed by atoms with E-state index in [0.717, 1.165) is 26.2 Å². The molecule has 9 heteroatoms. The standard InChI is InChI=1S/C22H18BrN5OS2/c1-15-11-12-30-19(15)13-24-25-20(29)14-31-22-27-26-21(16-7-9-17(23)10-8-16)28(22)18-5-3-2-4-6-18/h2-13H,14H2,1H3,(H,25,29)/b24-13-. The van der Waals surface area contributed by atoms with Crippen LogP contribution in [-0.2, 0) is 4.79 Å². The highest BCUT2D eigenvalue weighted by Gasteiger charge is 2.17. The topological polar surface area (TPSA) is 72.2 Å². The molecule has 0 fully saturated rings. The molecule has 2 heterocycles. The van der Waals surface area contributed by atoms with Crippen molar-refractivity contribution in [3.63, 3.8) is 0 Å². The van der Waals surface area contributed by atoms with Crippen LogP contribution in [0.3, 0.4) is 0 Å². The second-order valence-electron chi connectivity index (χ2n) is 6.53. The molecule has 0 atom stereocenters. The van der Waals surface area contributed by atoms with Crippen LogP contribution in [0.2, 0.25) is 0 Å². The number of para-hydroxylation sites is 1. The van der Waals surface area contributed by atoms with Gasteiger partial charge in [-0.3, -0.25) is 9.36 Å². The maximum atomic E-state index is 12.3. The van der Waals surface area contributed by atoms with Gasteiger partial charge in [0, 0.05) is 20.6 Å². The van der Waals surface area contributed by atoms with Gasteiger partial charge in [-0.25, -0.2) is 5.43 Å². The average molecular weight is 512 g/mol. The Bertz CT molecular complexity index is 1200. The fraction of sp³-hybridized carbons (Fsp3) is 0.0909. The molecule has 2 aromatic carbocycles. The summed E-state index contributed by atoms with van der Waals surface area (Å²) in [5, 5.41) is 15.4. The van der Waals surface area contributed by atoms with Crippen molar-refractivity contribution in [3.05, 3.63) is 81.0 Å². The van der Waals surface area contributed by atoms with Crippen LogP contribution in [0.4, 0.5) is 0 Å². The molecule has 0 spiro atoms. The van der Waals surface area contributed by atoms with Crippen LogP contribution in [-0.4, -0.2) is 32.6 Å². The number of carbonyl (C=O) groups excluding carboxylic acids is 1. The van der Waals surface area contributed by atoms with Crippen molar-refractivity contribution in [3.8, 4) is 17.1 Å². The van der Waals surface area contributed by atoms with Crippen molar-refractivity contribution in [1.82, 2.24) is 20.2 Å². The van der Waals surface area contributed by atoms with E-state index in [1.807, 2.05) is 77.5 Å². The van der Waals surface area contributed by atoms with Gasteiger partial charge in [0.2, 0.25) is 0 Å². The lowest BCUT2D eigenvalue weighted by molar-refractivity contribution is -0.118. The van der Waals surface area contributed by atoms with Crippen molar-refractivity contribution in [2.24, 2.45) is 5.10 Å². The number of hydrogen-bond donors (Lipinski definition) is 1. The largest absolute Gasteiger partial charge is 0.272 e. The molecule has 4 rings (SSSR count). The third kappa shape index (κ3) is 5.30. The van der Waals surface area contributed by atoms with E-state index < -0.39 is 0 Å². The molecule has 0 saturated carbocycles. The fourth-order valence-corrected chi connectivity index (χ4v) is 4.60. The summed E-state index contributed by atoms with van der Waals surface area (Å²) in [6.07, 6.45) is 1.67. The average Bonchev–Trinajstić information content (AvgIpc) is 3.39. The zero-order chi connectivity index (χ0) is 21.6. The molecule has 4 aromatic rings. The van der Waals surface area contributed by atoms with Crippen LogP contribution >= 0.6 is 39.0 Å². The Labute approximate surface area is 196 Å². The summed E-state index contributed by atoms with van der Waals surface area (Å²) in [5.74, 6) is 0.683. The highest BCUT2D eigenvalue weighted by Crippen LogP contribution is 2.28. The monoisotopic (exact) mass is 511 g/mol. The number of nitrogens with zero attached hydrogens (tertiary/aromatic N) is 4. The number of hydrogen-bond acceptors (Lipinski definition) is 6. The van der Waals surface area contributed by atoms with E-state index in [1.165, 1.54) is 11.8 Å². The minimum absolute atomic E-state index is 0.173. The molecule has 156 valence electrons. The van der Waals surface area contributed by atoms with E-state index in [4.69, 9.17) is 0 Å². The maximum absolute atomic E-state index is 12.3. The highest BCUT2D eigenvalue weighted by atomic mass is 79.9. The third-order valence-electron chi connectivity index (χ3n) is 4.36. The Morgan fingerprint density at radius 3 is 2.65 bits per heavy atom. The van der Waals surface area contributed by atoms with Gasteiger partial charge in [-0.05, 0) is 48.2 Å². The number of thiophene rings is 1. The normalized spacial score (nSPS) is 11.2. The Morgan fingerprint density at radius 1 is 1.16 bits per heavy atom. The van der Waals surface area contributed by atoms with E-state index in [9.17, 15) is 4.79 Å². The van der Waals surface area contributed by atoms with Gasteiger partial charge in [-0.1, -0.05) is 58.0 Å². The second kappa shape index (κ2) is 10.0. The van der Waals surface area contributed by atoms with Crippen LogP contribution < -0.4 is 5.43 Å². The predicted molar refractivity (Wildman–Crippen MR) is 130 cm³/mol. The van der Waals surface area contributed by atoms with Crippen molar-refractivity contribution >= 4 is 51.2 Å². The molecule has 0 aliphatic carbocycles. The van der Waals surface area contributed by atoms with Gasteiger partial charge in [-0.15, -0.1) is 21.5 Å². The van der Waals surface area contributed by atoms with Crippen molar-refractivity contribution in [2.45, 2.75) is 12.1 Å². The summed E-state index contributed by atoms with van der Waals surface area (Å²) < 4.78 is 2.95. The quantitative estimate of drug-likeness (QED) is 0.207. The summed E-state index contributed by atoms with van der Waals surface area (Å²) in [6, 6.07) is 19.8. The van der Waals surface area contributed by atoms with Crippen LogP contribution in [0.5, 0.6) is 0 Å². The molecule has 1 amide bonds. The Morgan fingerprint density at radius 2 is 1.94 bits per heavy atom. The Kier molecular flexibility index (Phi) is 6.96. The molecule has 2 aromatic heterocycles. The third-order valence-corrected chi connectivity index (χ3v) is 6.77. The van der Waals surface area contributed by atoms with Gasteiger partial charge in [-0.2, -0.15) is 5.10 Å². The summed E-state index contributed by atoms with van der Waals surface area (Å²) >= 11 is 6.36. The van der Waals surface area contributed by atoms with Gasteiger partial charge in [0.25, 0.3) is 5.91 Å². The maximum Gasteiger partial charge on any atom is 0.250 e. The van der Waals surface area contributed by atoms with E-state index >= 15 is 0 Å². The van der Waals surface area contributed by atoms with E-state index in [1.54, 1.807) is 17.6 Å². The van der Waals surface area contributed by atoms with Gasteiger partial charge < -0.3 is 0 Å². The van der Waals surface area contributed by atoms with Crippen molar-refractivity contribution < 1.29 is 4.79 Å². The van der Waals surface area contributed by atoms with Crippen molar-refractivity contribution in [1.29, 1.82) is 0 Å². The van der Waals surface area contributed by atoms with Crippen LogP contribution in [0.25, 0.3) is 17.1 Å². The molecule has 0 saturated heterocycles. The molecule has 0 radical (unpaired) electrons. The molecular formula is C22H18BrN5OS2. The first kappa shape index (κ1) is 21.5. The highest BCUT2D eigenvalue weighted by molar-refractivity contribution is 9.10. The number of halogens is 1. The lowest BCUT2D eigenvalue weighted by Gasteiger charge is -2.10. The minimum Gasteiger partial charge on any atom is -0.272 e. The Hall–Kier alpha value is -2.75. The van der Waals surface area contributed by atoms with Gasteiger partial charge in [0.1, 0.15) is 0 Å². The van der Waals surface area contributed by atoms with Crippen LogP contribution in [0.1, 0.15) is 10.4 Å². The first-order chi connectivity index (χ1) is 15.1. The Balaban J connectivity index is 1.51. The predicted octanol–water partition coefficient (Wildman–Crippen LogP) is 5.31. The summed E-state index contributed by atoms with van der Waals surface area (Å²) in [5.41, 5.74) is 5.58. The van der Waals surface area contributed by atoms with E-state index in [-0.39, 0.29) is 11.7 Å². The number of nitrogens with one attached hydrogen (secondary N) is 1. The number of aryl methyl sites for hydroxylation is 1. The molecular weight excluding hydrogens is 494 g/mol. The molecule has 31 heavy (non-hydrogen) atoms. The smallest absolute Gasteiger partial charge is 0.250 e. The van der Waals surface area contributed by atoms with Crippen LogP contribution in [0, 0.1) is 6.92 Å². The second-order valence-corrected chi connectivity index (χ2v) is 9.34. The zero-order valence-electron chi connectivity index (χ0n) is 16.5. The number of carbonyl (C=O) groups is 1. The number of rotatable bonds is 7. The zero-order valence-corrected chi connectivity index (χ0v) is 19.7. The molecule has 0 unspecified atom stereocenters. The molecule has 1 N–H and O–H groups in total. The van der Waals surface area contributed by atoms with E-state index in [0.29, 0.717) is 11.0 Å². The molecule has 6 nitrogen and oxygen atoms in total. The molecule has 0 aliphatic rings. The summed E-state index contributed by atoms with van der Waals surface area (Å²) in [7, 11) is 0. The number of amides is 1. The van der Waals surface area contributed by atoms with Gasteiger partial charge in [0.15, 0.2) is 11.0 Å². The summed E-state index contributed by atoms with van der Waals surface area (Å²) in [4.78, 5) is 13.3. The number of thioether (sulfide) groups is 1.